The van der Waals surface area contributed by atoms with Gasteiger partial charge in [0.1, 0.15) is 0 Å². The van der Waals surface area contributed by atoms with Gasteiger partial charge >= 0.3 is 0 Å². The monoisotopic (exact) mass is 172 g/mol. The number of hydrogen-bond donors (Lipinski definition) is 1. The Morgan fingerprint density at radius 2 is 2.08 bits per heavy atom. The molecule has 0 aromatic carbocycles. The van der Waals surface area contributed by atoms with Gasteiger partial charge in [0.15, 0.2) is 0 Å². The quantitative estimate of drug-likeness (QED) is 0.704. The van der Waals surface area contributed by atoms with Crippen LogP contribution in [0.2, 0.25) is 0 Å². The van der Waals surface area contributed by atoms with E-state index >= 15 is 0 Å². The summed E-state index contributed by atoms with van der Waals surface area (Å²) >= 11 is 0. The topological polar surface area (TPSA) is 28.7 Å². The fraction of sp³-hybridized carbons (Fsp3) is 0.182. The molecular weight excluding hydrogens is 160 g/mol. The van der Waals surface area contributed by atoms with E-state index in [9.17, 15) is 0 Å². The fourth-order valence-electron chi connectivity index (χ4n) is 1.43. The van der Waals surface area contributed by atoms with Gasteiger partial charge < -0.3 is 4.98 Å². The molecule has 0 radical (unpaired) electrons. The molecule has 0 aliphatic carbocycles. The van der Waals surface area contributed by atoms with Crippen LogP contribution < -0.4 is 0 Å². The zero-order valence-electron chi connectivity index (χ0n) is 7.83. The molecule has 13 heavy (non-hydrogen) atoms. The van der Waals surface area contributed by atoms with Crippen LogP contribution in [0.15, 0.2) is 30.6 Å². The van der Waals surface area contributed by atoms with E-state index in [2.05, 4.69) is 23.0 Å². The van der Waals surface area contributed by atoms with E-state index in [0.717, 1.165) is 11.4 Å². The maximum Gasteiger partial charge on any atom is 0.0457 e. The number of pyridine rings is 1. The van der Waals surface area contributed by atoms with Gasteiger partial charge in [-0.15, -0.1) is 0 Å². The summed E-state index contributed by atoms with van der Waals surface area (Å²) in [5.74, 6) is 0. The third-order valence-electron chi connectivity index (χ3n) is 2.34. The summed E-state index contributed by atoms with van der Waals surface area (Å²) in [6.45, 7) is 4.13. The highest BCUT2D eigenvalue weighted by Gasteiger charge is 2.03. The van der Waals surface area contributed by atoms with Gasteiger partial charge in [-0.2, -0.15) is 0 Å². The minimum Gasteiger partial charge on any atom is -0.361 e. The maximum atomic E-state index is 4.24. The Morgan fingerprint density at radius 1 is 1.23 bits per heavy atom. The summed E-state index contributed by atoms with van der Waals surface area (Å²) in [6.07, 6.45) is 3.78. The molecule has 2 aromatic rings. The molecule has 0 aliphatic heterocycles. The number of aryl methyl sites for hydroxylation is 1. The zero-order valence-corrected chi connectivity index (χ0v) is 7.83. The highest BCUT2D eigenvalue weighted by atomic mass is 14.7. The summed E-state index contributed by atoms with van der Waals surface area (Å²) in [5.41, 5.74) is 4.72. The zero-order chi connectivity index (χ0) is 9.26. The van der Waals surface area contributed by atoms with E-state index < -0.39 is 0 Å². The summed E-state index contributed by atoms with van der Waals surface area (Å²) in [4.78, 5) is 7.43. The first kappa shape index (κ1) is 8.05. The minimum absolute atomic E-state index is 1.09. The molecule has 0 bridgehead atoms. The molecule has 0 aliphatic rings. The number of rotatable bonds is 1. The van der Waals surface area contributed by atoms with E-state index in [1.807, 2.05) is 31.5 Å². The van der Waals surface area contributed by atoms with Crippen molar-refractivity contribution in [2.75, 3.05) is 0 Å². The Balaban J connectivity index is 2.59. The predicted octanol–water partition coefficient (Wildman–Crippen LogP) is 2.69. The Morgan fingerprint density at radius 3 is 2.77 bits per heavy atom. The Labute approximate surface area is 77.6 Å². The van der Waals surface area contributed by atoms with Crippen LogP contribution >= 0.6 is 0 Å². The molecule has 2 aromatic heterocycles. The molecule has 2 rings (SSSR count). The number of nitrogens with one attached hydrogen (secondary N) is 1. The largest absolute Gasteiger partial charge is 0.361 e. The second-order valence-corrected chi connectivity index (χ2v) is 3.15. The first-order valence-electron chi connectivity index (χ1n) is 4.35. The van der Waals surface area contributed by atoms with E-state index in [-0.39, 0.29) is 0 Å². The van der Waals surface area contributed by atoms with Gasteiger partial charge in [0.25, 0.3) is 0 Å². The van der Waals surface area contributed by atoms with Gasteiger partial charge in [-0.3, -0.25) is 4.98 Å². The second-order valence-electron chi connectivity index (χ2n) is 3.15. The van der Waals surface area contributed by atoms with Crippen LogP contribution in [-0.4, -0.2) is 9.97 Å². The van der Waals surface area contributed by atoms with Crippen molar-refractivity contribution in [3.63, 3.8) is 0 Å². The smallest absolute Gasteiger partial charge is 0.0457 e. The third-order valence-corrected chi connectivity index (χ3v) is 2.34. The lowest BCUT2D eigenvalue weighted by atomic mass is 10.1. The normalized spacial score (nSPS) is 10.3. The number of H-pyrrole nitrogens is 1. The van der Waals surface area contributed by atoms with E-state index in [1.54, 1.807) is 0 Å². The molecular formula is C11H12N2. The maximum absolute atomic E-state index is 4.24. The van der Waals surface area contributed by atoms with Gasteiger partial charge in [0.2, 0.25) is 0 Å². The molecule has 0 saturated carbocycles. The molecule has 0 spiro atoms. The lowest BCUT2D eigenvalue weighted by molar-refractivity contribution is 1.15. The van der Waals surface area contributed by atoms with Crippen LogP contribution in [0.4, 0.5) is 0 Å². The third kappa shape index (κ3) is 1.35. The first-order chi connectivity index (χ1) is 6.29. The van der Waals surface area contributed by atoms with E-state index in [4.69, 9.17) is 0 Å². The van der Waals surface area contributed by atoms with Crippen LogP contribution in [0.25, 0.3) is 11.3 Å². The molecule has 0 saturated heterocycles. The first-order valence-corrected chi connectivity index (χ1v) is 4.35. The summed E-state index contributed by atoms with van der Waals surface area (Å²) in [6, 6.07) is 6.11. The standard InChI is InChI=1S/C11H12N2/c1-8-9(2)12-7-5-10(8)11-4-3-6-13-11/h3-7,13H,1-2H3. The summed E-state index contributed by atoms with van der Waals surface area (Å²) < 4.78 is 0. The van der Waals surface area contributed by atoms with E-state index in [1.165, 1.54) is 11.1 Å². The van der Waals surface area contributed by atoms with Crippen LogP contribution in [0.5, 0.6) is 0 Å². The second kappa shape index (κ2) is 3.05. The molecule has 66 valence electrons. The fourth-order valence-corrected chi connectivity index (χ4v) is 1.43. The Bertz CT molecular complexity index is 402. The van der Waals surface area contributed by atoms with Gasteiger partial charge in [0, 0.05) is 29.3 Å². The highest BCUT2D eigenvalue weighted by molar-refractivity contribution is 5.63. The molecule has 1 N–H and O–H groups in total. The molecule has 0 amide bonds. The average molecular weight is 172 g/mol. The van der Waals surface area contributed by atoms with Crippen molar-refractivity contribution in [3.8, 4) is 11.3 Å². The number of nitrogens with zero attached hydrogens (tertiary/aromatic N) is 1. The molecule has 2 heterocycles. The molecule has 2 heteroatoms. The van der Waals surface area contributed by atoms with Crippen LogP contribution in [0.3, 0.4) is 0 Å². The van der Waals surface area contributed by atoms with Crippen LogP contribution in [0, 0.1) is 13.8 Å². The number of hydrogen-bond acceptors (Lipinski definition) is 1. The van der Waals surface area contributed by atoms with Gasteiger partial charge in [-0.1, -0.05) is 0 Å². The van der Waals surface area contributed by atoms with Crippen molar-refractivity contribution in [2.24, 2.45) is 0 Å². The Hall–Kier alpha value is -1.57. The highest BCUT2D eigenvalue weighted by Crippen LogP contribution is 2.21. The van der Waals surface area contributed by atoms with Gasteiger partial charge in [0.05, 0.1) is 0 Å². The van der Waals surface area contributed by atoms with Crippen molar-refractivity contribution < 1.29 is 0 Å². The summed E-state index contributed by atoms with van der Waals surface area (Å²) in [7, 11) is 0. The van der Waals surface area contributed by atoms with Gasteiger partial charge in [-0.25, -0.2) is 0 Å². The van der Waals surface area contributed by atoms with Crippen molar-refractivity contribution in [3.05, 3.63) is 41.9 Å². The number of aromatic amines is 1. The van der Waals surface area contributed by atoms with E-state index in [0.29, 0.717) is 0 Å². The molecule has 0 fully saturated rings. The molecule has 0 unspecified atom stereocenters. The van der Waals surface area contributed by atoms with Crippen molar-refractivity contribution in [1.29, 1.82) is 0 Å². The molecule has 0 atom stereocenters. The Kier molecular flexibility index (Phi) is 1.89. The molecule has 2 nitrogen and oxygen atoms in total. The van der Waals surface area contributed by atoms with Crippen molar-refractivity contribution in [1.82, 2.24) is 9.97 Å². The lowest BCUT2D eigenvalue weighted by Gasteiger charge is -2.05. The minimum atomic E-state index is 1.09. The average Bonchev–Trinajstić information content (AvgIpc) is 2.62. The SMILES string of the molecule is Cc1nccc(-c2ccc[nH]2)c1C. The number of aromatic nitrogens is 2. The van der Waals surface area contributed by atoms with Gasteiger partial charge in [-0.05, 0) is 37.6 Å². The van der Waals surface area contributed by atoms with Crippen molar-refractivity contribution in [2.45, 2.75) is 13.8 Å². The van der Waals surface area contributed by atoms with Crippen LogP contribution in [0.1, 0.15) is 11.3 Å². The van der Waals surface area contributed by atoms with Crippen LogP contribution in [-0.2, 0) is 0 Å². The van der Waals surface area contributed by atoms with Crippen molar-refractivity contribution >= 4 is 0 Å². The summed E-state index contributed by atoms with van der Waals surface area (Å²) in [5, 5.41) is 0. The predicted molar refractivity (Wildman–Crippen MR) is 53.5 cm³/mol. The lowest BCUT2D eigenvalue weighted by Crippen LogP contribution is -1.89.